The van der Waals surface area contributed by atoms with Crippen LogP contribution in [0.2, 0.25) is 0 Å². The quantitative estimate of drug-likeness (QED) is 0.860. The smallest absolute Gasteiger partial charge is 0.234 e. The van der Waals surface area contributed by atoms with Crippen molar-refractivity contribution >= 4 is 35.0 Å². The first-order valence-corrected chi connectivity index (χ1v) is 7.08. The molecular weight excluding hydrogens is 248 g/mol. The molecule has 5 heteroatoms. The van der Waals surface area contributed by atoms with E-state index in [0.717, 1.165) is 35.5 Å². The third-order valence-electron chi connectivity index (χ3n) is 3.36. The number of amides is 2. The zero-order chi connectivity index (χ0) is 12.5. The molecule has 2 N–H and O–H groups in total. The number of fused-ring (bicyclic) bond motifs is 1. The molecule has 0 spiro atoms. The topological polar surface area (TPSA) is 58.2 Å². The number of benzene rings is 1. The Morgan fingerprint density at radius 3 is 2.94 bits per heavy atom. The van der Waals surface area contributed by atoms with E-state index < -0.39 is 0 Å². The summed E-state index contributed by atoms with van der Waals surface area (Å²) in [5.74, 6) is 0.733. The fourth-order valence-corrected chi connectivity index (χ4v) is 2.86. The van der Waals surface area contributed by atoms with Crippen LogP contribution >= 0.6 is 11.8 Å². The van der Waals surface area contributed by atoms with Crippen molar-refractivity contribution in [2.75, 3.05) is 16.4 Å². The molecule has 2 amide bonds. The van der Waals surface area contributed by atoms with Gasteiger partial charge in [-0.15, -0.1) is 11.8 Å². The minimum Gasteiger partial charge on any atom is -0.326 e. The van der Waals surface area contributed by atoms with E-state index in [1.165, 1.54) is 11.8 Å². The molecule has 1 aliphatic carbocycles. The molecule has 18 heavy (non-hydrogen) atoms. The fraction of sp³-hybridized carbons (Fsp3) is 0.385. The summed E-state index contributed by atoms with van der Waals surface area (Å²) in [4.78, 5) is 24.2. The standard InChI is InChI=1S/C13H14N2O2S/c16-12-7-18-11-5-4-9(6-10(11)15-12)14-13(17)8-2-1-3-8/h4-6,8H,1-3,7H2,(H,14,17)(H,15,16). The van der Waals surface area contributed by atoms with E-state index in [4.69, 9.17) is 0 Å². The van der Waals surface area contributed by atoms with E-state index >= 15 is 0 Å². The van der Waals surface area contributed by atoms with Gasteiger partial charge in [0.1, 0.15) is 0 Å². The highest BCUT2D eigenvalue weighted by molar-refractivity contribution is 8.00. The van der Waals surface area contributed by atoms with Gasteiger partial charge in [-0.05, 0) is 31.0 Å². The van der Waals surface area contributed by atoms with E-state index in [0.29, 0.717) is 5.75 Å². The normalized spacial score (nSPS) is 18.6. The number of thioether (sulfide) groups is 1. The Bertz CT molecular complexity index is 512. The summed E-state index contributed by atoms with van der Waals surface area (Å²) in [6.45, 7) is 0. The molecule has 4 nitrogen and oxygen atoms in total. The molecule has 0 saturated heterocycles. The summed E-state index contributed by atoms with van der Waals surface area (Å²) in [6.07, 6.45) is 3.13. The number of rotatable bonds is 2. The largest absolute Gasteiger partial charge is 0.326 e. The first kappa shape index (κ1) is 11.6. The van der Waals surface area contributed by atoms with Gasteiger partial charge in [-0.2, -0.15) is 0 Å². The highest BCUT2D eigenvalue weighted by Gasteiger charge is 2.25. The van der Waals surface area contributed by atoms with Crippen LogP contribution < -0.4 is 10.6 Å². The molecule has 1 saturated carbocycles. The Labute approximate surface area is 110 Å². The predicted octanol–water partition coefficient (Wildman–Crippen LogP) is 2.47. The van der Waals surface area contributed by atoms with Gasteiger partial charge in [0.2, 0.25) is 11.8 Å². The van der Waals surface area contributed by atoms with Crippen LogP contribution in [0, 0.1) is 5.92 Å². The van der Waals surface area contributed by atoms with Crippen LogP contribution in [0.1, 0.15) is 19.3 Å². The second-order valence-electron chi connectivity index (χ2n) is 4.66. The predicted molar refractivity (Wildman–Crippen MR) is 71.8 cm³/mol. The van der Waals surface area contributed by atoms with Crippen molar-refractivity contribution in [3.05, 3.63) is 18.2 Å². The Kier molecular flexibility index (Phi) is 2.99. The monoisotopic (exact) mass is 262 g/mol. The summed E-state index contributed by atoms with van der Waals surface area (Å²) < 4.78 is 0. The Hall–Kier alpha value is -1.49. The molecule has 94 valence electrons. The third kappa shape index (κ3) is 2.22. The summed E-state index contributed by atoms with van der Waals surface area (Å²) >= 11 is 1.52. The molecule has 0 unspecified atom stereocenters. The molecule has 1 aliphatic heterocycles. The van der Waals surface area contributed by atoms with Gasteiger partial charge in [-0.25, -0.2) is 0 Å². The molecule has 0 bridgehead atoms. The van der Waals surface area contributed by atoms with Crippen molar-refractivity contribution in [3.8, 4) is 0 Å². The zero-order valence-electron chi connectivity index (χ0n) is 9.86. The van der Waals surface area contributed by atoms with Crippen LogP contribution in [0.4, 0.5) is 11.4 Å². The second kappa shape index (κ2) is 4.65. The molecule has 1 fully saturated rings. The van der Waals surface area contributed by atoms with Crippen molar-refractivity contribution in [2.45, 2.75) is 24.2 Å². The fourth-order valence-electron chi connectivity index (χ4n) is 2.08. The summed E-state index contributed by atoms with van der Waals surface area (Å²) in [6, 6.07) is 5.66. The number of anilines is 2. The lowest BCUT2D eigenvalue weighted by Gasteiger charge is -2.24. The molecule has 0 atom stereocenters. The number of carbonyl (C=O) groups is 2. The Morgan fingerprint density at radius 2 is 2.22 bits per heavy atom. The maximum absolute atomic E-state index is 11.8. The van der Waals surface area contributed by atoms with Gasteiger partial charge in [0, 0.05) is 16.5 Å². The van der Waals surface area contributed by atoms with Gasteiger partial charge in [-0.3, -0.25) is 9.59 Å². The van der Waals surface area contributed by atoms with Crippen molar-refractivity contribution < 1.29 is 9.59 Å². The van der Waals surface area contributed by atoms with Gasteiger partial charge >= 0.3 is 0 Å². The third-order valence-corrected chi connectivity index (χ3v) is 4.43. The van der Waals surface area contributed by atoms with Crippen LogP contribution in [-0.2, 0) is 9.59 Å². The lowest BCUT2D eigenvalue weighted by atomic mass is 9.85. The Balaban J connectivity index is 1.75. The molecule has 1 aromatic rings. The lowest BCUT2D eigenvalue weighted by Crippen LogP contribution is -2.28. The second-order valence-corrected chi connectivity index (χ2v) is 5.68. The van der Waals surface area contributed by atoms with Crippen molar-refractivity contribution in [3.63, 3.8) is 0 Å². The van der Waals surface area contributed by atoms with Gasteiger partial charge in [-0.1, -0.05) is 6.42 Å². The van der Waals surface area contributed by atoms with Gasteiger partial charge in [0.25, 0.3) is 0 Å². The molecule has 1 aromatic carbocycles. The van der Waals surface area contributed by atoms with Crippen molar-refractivity contribution in [2.24, 2.45) is 5.92 Å². The number of hydrogen-bond donors (Lipinski definition) is 2. The molecular formula is C13H14N2O2S. The van der Waals surface area contributed by atoms with Crippen LogP contribution in [0.3, 0.4) is 0 Å². The van der Waals surface area contributed by atoms with E-state index in [9.17, 15) is 9.59 Å². The van der Waals surface area contributed by atoms with Crippen molar-refractivity contribution in [1.29, 1.82) is 0 Å². The molecule has 0 radical (unpaired) electrons. The van der Waals surface area contributed by atoms with E-state index in [1.54, 1.807) is 0 Å². The van der Waals surface area contributed by atoms with Crippen molar-refractivity contribution in [1.82, 2.24) is 0 Å². The maximum atomic E-state index is 11.8. The molecule has 0 aromatic heterocycles. The SMILES string of the molecule is O=C1CSc2ccc(NC(=O)C3CCC3)cc2N1. The minimum atomic E-state index is 0.00923. The zero-order valence-corrected chi connectivity index (χ0v) is 10.7. The van der Waals surface area contributed by atoms with Crippen LogP contribution in [0.15, 0.2) is 23.1 Å². The van der Waals surface area contributed by atoms with Crippen LogP contribution in [-0.4, -0.2) is 17.6 Å². The molecule has 1 heterocycles. The van der Waals surface area contributed by atoms with Crippen LogP contribution in [0.5, 0.6) is 0 Å². The average molecular weight is 262 g/mol. The first-order chi connectivity index (χ1) is 8.72. The first-order valence-electron chi connectivity index (χ1n) is 6.10. The summed E-state index contributed by atoms with van der Waals surface area (Å²) in [7, 11) is 0. The lowest BCUT2D eigenvalue weighted by molar-refractivity contribution is -0.122. The maximum Gasteiger partial charge on any atom is 0.234 e. The highest BCUT2D eigenvalue weighted by Crippen LogP contribution is 2.34. The average Bonchev–Trinajstić information content (AvgIpc) is 2.25. The summed E-state index contributed by atoms with van der Waals surface area (Å²) in [5.41, 5.74) is 1.55. The van der Waals surface area contributed by atoms with Crippen LogP contribution in [0.25, 0.3) is 0 Å². The van der Waals surface area contributed by atoms with E-state index in [1.807, 2.05) is 18.2 Å². The highest BCUT2D eigenvalue weighted by atomic mass is 32.2. The Morgan fingerprint density at radius 1 is 1.39 bits per heavy atom. The summed E-state index contributed by atoms with van der Waals surface area (Å²) in [5, 5.41) is 5.73. The minimum absolute atomic E-state index is 0.00923. The number of carbonyl (C=O) groups excluding carboxylic acids is 2. The molecule has 2 aliphatic rings. The van der Waals surface area contributed by atoms with Gasteiger partial charge in [0.15, 0.2) is 0 Å². The number of hydrogen-bond acceptors (Lipinski definition) is 3. The van der Waals surface area contributed by atoms with Gasteiger partial charge in [0.05, 0.1) is 11.4 Å². The van der Waals surface area contributed by atoms with Gasteiger partial charge < -0.3 is 10.6 Å². The number of nitrogens with one attached hydrogen (secondary N) is 2. The van der Waals surface area contributed by atoms with E-state index in [2.05, 4.69) is 10.6 Å². The molecule has 3 rings (SSSR count). The van der Waals surface area contributed by atoms with E-state index in [-0.39, 0.29) is 17.7 Å².